The van der Waals surface area contributed by atoms with E-state index in [1.807, 2.05) is 20.8 Å². The molecule has 5 heteroatoms. The van der Waals surface area contributed by atoms with Gasteiger partial charge in [-0.25, -0.2) is 8.78 Å². The number of alkyl halides is 2. The third-order valence-electron chi connectivity index (χ3n) is 4.23. The van der Waals surface area contributed by atoms with Gasteiger partial charge < -0.3 is 10.1 Å². The molecular formula is C14H23F2NO2. The lowest BCUT2D eigenvalue weighted by atomic mass is 9.67. The Morgan fingerprint density at radius 1 is 1.21 bits per heavy atom. The largest absolute Gasteiger partial charge is 0.460 e. The van der Waals surface area contributed by atoms with Crippen molar-refractivity contribution in [1.29, 1.82) is 0 Å². The zero-order chi connectivity index (χ0) is 14.3. The molecule has 1 spiro atoms. The van der Waals surface area contributed by atoms with Crippen LogP contribution in [-0.2, 0) is 9.53 Å². The zero-order valence-corrected chi connectivity index (χ0v) is 11.9. The molecule has 19 heavy (non-hydrogen) atoms. The van der Waals surface area contributed by atoms with E-state index in [0.717, 1.165) is 0 Å². The Balaban J connectivity index is 2.07. The van der Waals surface area contributed by atoms with Crippen molar-refractivity contribution < 1.29 is 18.3 Å². The van der Waals surface area contributed by atoms with Crippen molar-refractivity contribution in [3.8, 4) is 0 Å². The van der Waals surface area contributed by atoms with Gasteiger partial charge in [-0.05, 0) is 39.0 Å². The standard InChI is InChI=1S/C14H23F2NO2/c1-12(2,3)19-11(18)10-8-17-9-13(10)4-6-14(15,16)7-5-13/h10,17H,4-9H2,1-3H3. The summed E-state index contributed by atoms with van der Waals surface area (Å²) in [4.78, 5) is 12.2. The lowest BCUT2D eigenvalue weighted by molar-refractivity contribution is -0.166. The third kappa shape index (κ3) is 3.25. The number of carbonyl (C=O) groups is 1. The minimum absolute atomic E-state index is 0.117. The quantitative estimate of drug-likeness (QED) is 0.748. The first kappa shape index (κ1) is 14.7. The molecule has 0 radical (unpaired) electrons. The molecule has 1 saturated heterocycles. The summed E-state index contributed by atoms with van der Waals surface area (Å²) < 4.78 is 32.0. The van der Waals surface area contributed by atoms with E-state index in [2.05, 4.69) is 5.32 Å². The SMILES string of the molecule is CC(C)(C)OC(=O)C1CNCC12CCC(F)(F)CC2. The maximum atomic E-state index is 13.3. The van der Waals surface area contributed by atoms with Gasteiger partial charge in [0.1, 0.15) is 5.60 Å². The second-order valence-electron chi connectivity index (χ2n) is 6.94. The summed E-state index contributed by atoms with van der Waals surface area (Å²) in [6.45, 7) is 6.67. The Hall–Kier alpha value is -0.710. The topological polar surface area (TPSA) is 38.3 Å². The van der Waals surface area contributed by atoms with Crippen LogP contribution in [0.15, 0.2) is 0 Å². The Labute approximate surface area is 113 Å². The van der Waals surface area contributed by atoms with E-state index >= 15 is 0 Å². The fourth-order valence-corrected chi connectivity index (χ4v) is 3.15. The monoisotopic (exact) mass is 275 g/mol. The van der Waals surface area contributed by atoms with E-state index in [-0.39, 0.29) is 30.1 Å². The molecule has 0 aromatic carbocycles. The molecule has 1 N–H and O–H groups in total. The van der Waals surface area contributed by atoms with Crippen molar-refractivity contribution in [2.45, 2.75) is 58.0 Å². The zero-order valence-electron chi connectivity index (χ0n) is 11.9. The number of nitrogens with one attached hydrogen (secondary N) is 1. The summed E-state index contributed by atoms with van der Waals surface area (Å²) in [5, 5.41) is 3.18. The number of esters is 1. The lowest BCUT2D eigenvalue weighted by Crippen LogP contribution is -2.43. The fraction of sp³-hybridized carbons (Fsp3) is 0.929. The van der Waals surface area contributed by atoms with Crippen molar-refractivity contribution in [1.82, 2.24) is 5.32 Å². The first-order valence-electron chi connectivity index (χ1n) is 6.95. The number of rotatable bonds is 1. The smallest absolute Gasteiger partial charge is 0.311 e. The van der Waals surface area contributed by atoms with Gasteiger partial charge in [0.05, 0.1) is 5.92 Å². The summed E-state index contributed by atoms with van der Waals surface area (Å²) in [5.74, 6) is -3.10. The van der Waals surface area contributed by atoms with E-state index < -0.39 is 11.5 Å². The maximum Gasteiger partial charge on any atom is 0.311 e. The van der Waals surface area contributed by atoms with E-state index in [9.17, 15) is 13.6 Å². The molecule has 0 amide bonds. The van der Waals surface area contributed by atoms with Crippen LogP contribution in [0.2, 0.25) is 0 Å². The summed E-state index contributed by atoms with van der Waals surface area (Å²) in [5.41, 5.74) is -0.858. The van der Waals surface area contributed by atoms with Gasteiger partial charge in [-0.3, -0.25) is 4.79 Å². The van der Waals surface area contributed by atoms with Gasteiger partial charge in [-0.1, -0.05) is 0 Å². The van der Waals surface area contributed by atoms with Gasteiger partial charge in [0.15, 0.2) is 0 Å². The molecule has 1 heterocycles. The highest BCUT2D eigenvalue weighted by Crippen LogP contribution is 2.49. The summed E-state index contributed by atoms with van der Waals surface area (Å²) in [6.07, 6.45) is 0.565. The van der Waals surface area contributed by atoms with Crippen LogP contribution in [0.3, 0.4) is 0 Å². The van der Waals surface area contributed by atoms with E-state index in [1.165, 1.54) is 0 Å². The number of halogens is 2. The molecule has 0 bridgehead atoms. The number of hydrogen-bond donors (Lipinski definition) is 1. The molecule has 110 valence electrons. The van der Waals surface area contributed by atoms with Crippen LogP contribution < -0.4 is 5.32 Å². The molecule has 1 saturated carbocycles. The third-order valence-corrected chi connectivity index (χ3v) is 4.23. The minimum Gasteiger partial charge on any atom is -0.460 e. The van der Waals surface area contributed by atoms with Gasteiger partial charge in [-0.15, -0.1) is 0 Å². The van der Waals surface area contributed by atoms with Crippen LogP contribution in [0, 0.1) is 11.3 Å². The normalized spacial score (nSPS) is 29.4. The Morgan fingerprint density at radius 3 is 2.32 bits per heavy atom. The molecule has 2 aliphatic rings. The molecule has 1 unspecified atom stereocenters. The summed E-state index contributed by atoms with van der Waals surface area (Å²) in [7, 11) is 0. The van der Waals surface area contributed by atoms with Gasteiger partial charge in [-0.2, -0.15) is 0 Å². The molecule has 1 aliphatic carbocycles. The van der Waals surface area contributed by atoms with E-state index in [4.69, 9.17) is 4.74 Å². The molecule has 2 rings (SSSR count). The Bertz CT molecular complexity index is 353. The Kier molecular flexibility index (Phi) is 3.62. The van der Waals surface area contributed by atoms with Crippen molar-refractivity contribution in [2.75, 3.05) is 13.1 Å². The Morgan fingerprint density at radius 2 is 1.79 bits per heavy atom. The molecule has 0 aromatic rings. The van der Waals surface area contributed by atoms with Gasteiger partial charge in [0.25, 0.3) is 0 Å². The molecule has 0 aromatic heterocycles. The van der Waals surface area contributed by atoms with Crippen LogP contribution >= 0.6 is 0 Å². The second kappa shape index (κ2) is 4.69. The maximum absolute atomic E-state index is 13.3. The van der Waals surface area contributed by atoms with Gasteiger partial charge >= 0.3 is 5.97 Å². The van der Waals surface area contributed by atoms with E-state index in [0.29, 0.717) is 25.9 Å². The molecular weight excluding hydrogens is 252 g/mol. The molecule has 1 atom stereocenters. The predicted molar refractivity (Wildman–Crippen MR) is 68.1 cm³/mol. The average molecular weight is 275 g/mol. The highest BCUT2D eigenvalue weighted by Gasteiger charge is 2.53. The first-order chi connectivity index (χ1) is 8.64. The highest BCUT2D eigenvalue weighted by molar-refractivity contribution is 5.74. The molecule has 2 fully saturated rings. The molecule has 1 aliphatic heterocycles. The number of hydrogen-bond acceptors (Lipinski definition) is 3. The highest BCUT2D eigenvalue weighted by atomic mass is 19.3. The number of ether oxygens (including phenoxy) is 1. The van der Waals surface area contributed by atoms with Crippen LogP contribution in [0.25, 0.3) is 0 Å². The van der Waals surface area contributed by atoms with Crippen molar-refractivity contribution in [2.24, 2.45) is 11.3 Å². The van der Waals surface area contributed by atoms with Gasteiger partial charge in [0.2, 0.25) is 5.92 Å². The fourth-order valence-electron chi connectivity index (χ4n) is 3.15. The van der Waals surface area contributed by atoms with Crippen LogP contribution in [0.5, 0.6) is 0 Å². The van der Waals surface area contributed by atoms with Crippen molar-refractivity contribution >= 4 is 5.97 Å². The average Bonchev–Trinajstić information content (AvgIpc) is 2.65. The molecule has 3 nitrogen and oxygen atoms in total. The minimum atomic E-state index is -2.56. The van der Waals surface area contributed by atoms with Crippen LogP contribution in [-0.4, -0.2) is 30.6 Å². The lowest BCUT2D eigenvalue weighted by Gasteiger charge is -2.40. The number of carbonyl (C=O) groups excluding carboxylic acids is 1. The van der Waals surface area contributed by atoms with Crippen LogP contribution in [0.1, 0.15) is 46.5 Å². The summed E-state index contributed by atoms with van der Waals surface area (Å²) in [6, 6.07) is 0. The van der Waals surface area contributed by atoms with Crippen LogP contribution in [0.4, 0.5) is 8.78 Å². The predicted octanol–water partition coefficient (Wildman–Crippen LogP) is 2.74. The van der Waals surface area contributed by atoms with Crippen molar-refractivity contribution in [3.63, 3.8) is 0 Å². The second-order valence-corrected chi connectivity index (χ2v) is 6.94. The van der Waals surface area contributed by atoms with E-state index in [1.54, 1.807) is 0 Å². The van der Waals surface area contributed by atoms with Crippen molar-refractivity contribution in [3.05, 3.63) is 0 Å². The first-order valence-corrected chi connectivity index (χ1v) is 6.95. The van der Waals surface area contributed by atoms with Gasteiger partial charge in [0, 0.05) is 25.9 Å². The summed E-state index contributed by atoms with van der Waals surface area (Å²) >= 11 is 0.